The molecule has 3 N–H and O–H groups in total. The van der Waals surface area contributed by atoms with E-state index in [1.54, 1.807) is 0 Å². The molecule has 0 aliphatic carbocycles. The zero-order valence-electron chi connectivity index (χ0n) is 16.1. The van der Waals surface area contributed by atoms with Crippen LogP contribution in [0.25, 0.3) is 0 Å². The first-order chi connectivity index (χ1) is 14.1. The molecule has 4 rings (SSSR count). The minimum atomic E-state index is -0.256. The smallest absolute Gasteiger partial charge is 0.226 e. The van der Waals surface area contributed by atoms with Crippen molar-refractivity contribution in [2.75, 3.05) is 26.3 Å². The van der Waals surface area contributed by atoms with Gasteiger partial charge in [-0.05, 0) is 48.2 Å². The average molecular weight is 418 g/mol. The highest BCUT2D eigenvalue weighted by Crippen LogP contribution is 2.35. The third-order valence-corrected chi connectivity index (χ3v) is 6.31. The number of hydrogen-bond donors (Lipinski definition) is 3. The van der Waals surface area contributed by atoms with E-state index in [-0.39, 0.29) is 29.1 Å². The summed E-state index contributed by atoms with van der Waals surface area (Å²) in [4.78, 5) is 13.1. The first-order valence-electron chi connectivity index (χ1n) is 9.93. The van der Waals surface area contributed by atoms with E-state index in [2.05, 4.69) is 16.2 Å². The Labute approximate surface area is 174 Å². The first-order valence-corrected chi connectivity index (χ1v) is 10.3. The van der Waals surface area contributed by atoms with Crippen LogP contribution in [0.3, 0.4) is 0 Å². The highest BCUT2D eigenvalue weighted by molar-refractivity contribution is 6.30. The van der Waals surface area contributed by atoms with Crippen molar-refractivity contribution in [1.29, 1.82) is 0 Å². The fourth-order valence-electron chi connectivity index (χ4n) is 4.25. The highest BCUT2D eigenvalue weighted by Gasteiger charge is 2.38. The normalized spacial score (nSPS) is 23.7. The number of benzene rings is 2. The van der Waals surface area contributed by atoms with Gasteiger partial charge in [-0.1, -0.05) is 35.9 Å². The van der Waals surface area contributed by atoms with Gasteiger partial charge in [0.15, 0.2) is 0 Å². The summed E-state index contributed by atoms with van der Waals surface area (Å²) in [5.41, 5.74) is 8.10. The van der Waals surface area contributed by atoms with Crippen molar-refractivity contribution in [3.8, 4) is 0 Å². The Morgan fingerprint density at radius 1 is 1.14 bits per heavy atom. The number of hydrogen-bond acceptors (Lipinski definition) is 4. The number of carbonyl (C=O) groups excluding carboxylic acids is 1. The van der Waals surface area contributed by atoms with Gasteiger partial charge in [0.2, 0.25) is 5.91 Å². The lowest BCUT2D eigenvalue weighted by Gasteiger charge is -2.38. The molecule has 0 saturated carbocycles. The van der Waals surface area contributed by atoms with Gasteiger partial charge in [0.1, 0.15) is 5.82 Å². The third kappa shape index (κ3) is 4.46. The quantitative estimate of drug-likeness (QED) is 0.699. The molecule has 2 aromatic carbocycles. The summed E-state index contributed by atoms with van der Waals surface area (Å²) in [6, 6.07) is 14.0. The maximum absolute atomic E-state index is 13.4. The van der Waals surface area contributed by atoms with Gasteiger partial charge in [0.05, 0.1) is 12.0 Å². The fourth-order valence-corrected chi connectivity index (χ4v) is 4.37. The second kappa shape index (κ2) is 8.79. The Balaban J connectivity index is 1.47. The standard InChI is InChI=1S/C22H25ClFN3O2/c23-17-5-1-15(2-6-17)20-19(13-26-27-20)21(28)25-14-22(9-11-29-12-10-22)16-3-7-18(24)8-4-16/h1-8,19-20,26-27H,9-14H2,(H,25,28). The number of amides is 1. The fraction of sp³-hybridized carbons (Fsp3) is 0.409. The summed E-state index contributed by atoms with van der Waals surface area (Å²) in [5, 5.41) is 3.83. The topological polar surface area (TPSA) is 62.4 Å². The Morgan fingerprint density at radius 3 is 2.52 bits per heavy atom. The Hall–Kier alpha value is -1.99. The van der Waals surface area contributed by atoms with Crippen LogP contribution in [0, 0.1) is 11.7 Å². The van der Waals surface area contributed by atoms with Crippen molar-refractivity contribution in [2.24, 2.45) is 5.92 Å². The average Bonchev–Trinajstić information content (AvgIpc) is 3.24. The molecule has 0 spiro atoms. The molecule has 1 amide bonds. The molecule has 2 atom stereocenters. The third-order valence-electron chi connectivity index (χ3n) is 6.06. The van der Waals surface area contributed by atoms with Crippen LogP contribution in [0.5, 0.6) is 0 Å². The summed E-state index contributed by atoms with van der Waals surface area (Å²) in [5.74, 6) is -0.495. The van der Waals surface area contributed by atoms with Crippen molar-refractivity contribution in [3.63, 3.8) is 0 Å². The van der Waals surface area contributed by atoms with E-state index < -0.39 is 0 Å². The summed E-state index contributed by atoms with van der Waals surface area (Å²) in [6.45, 7) is 2.32. The Morgan fingerprint density at radius 2 is 1.83 bits per heavy atom. The molecule has 0 bridgehead atoms. The van der Waals surface area contributed by atoms with Gasteiger partial charge in [-0.25, -0.2) is 9.82 Å². The number of hydrazine groups is 1. The van der Waals surface area contributed by atoms with Crippen LogP contribution in [0.15, 0.2) is 48.5 Å². The molecular formula is C22H25ClFN3O2. The van der Waals surface area contributed by atoms with Gasteiger partial charge in [-0.15, -0.1) is 0 Å². The monoisotopic (exact) mass is 417 g/mol. The van der Waals surface area contributed by atoms with E-state index in [1.807, 2.05) is 36.4 Å². The molecule has 2 aromatic rings. The molecular weight excluding hydrogens is 393 g/mol. The molecule has 7 heteroatoms. The van der Waals surface area contributed by atoms with E-state index in [4.69, 9.17) is 16.3 Å². The molecule has 0 aromatic heterocycles. The summed E-state index contributed by atoms with van der Waals surface area (Å²) < 4.78 is 19.0. The lowest BCUT2D eigenvalue weighted by atomic mass is 9.74. The largest absolute Gasteiger partial charge is 0.381 e. The number of ether oxygens (including phenoxy) is 1. The summed E-state index contributed by atoms with van der Waals surface area (Å²) in [6.07, 6.45) is 1.58. The molecule has 2 aliphatic heterocycles. The number of nitrogens with one attached hydrogen (secondary N) is 3. The molecule has 5 nitrogen and oxygen atoms in total. The van der Waals surface area contributed by atoms with Gasteiger partial charge in [0.25, 0.3) is 0 Å². The Kier molecular flexibility index (Phi) is 6.15. The van der Waals surface area contributed by atoms with Gasteiger partial charge < -0.3 is 10.1 Å². The summed E-state index contributed by atoms with van der Waals surface area (Å²) >= 11 is 5.99. The zero-order valence-corrected chi connectivity index (χ0v) is 16.8. The summed E-state index contributed by atoms with van der Waals surface area (Å²) in [7, 11) is 0. The number of carbonyl (C=O) groups is 1. The van der Waals surface area contributed by atoms with Crippen LogP contribution in [-0.2, 0) is 14.9 Å². The highest BCUT2D eigenvalue weighted by atomic mass is 35.5. The molecule has 2 saturated heterocycles. The van der Waals surface area contributed by atoms with Crippen molar-refractivity contribution in [2.45, 2.75) is 24.3 Å². The molecule has 154 valence electrons. The van der Waals surface area contributed by atoms with Crippen molar-refractivity contribution < 1.29 is 13.9 Å². The molecule has 2 aliphatic rings. The maximum atomic E-state index is 13.4. The van der Waals surface area contributed by atoms with Crippen molar-refractivity contribution in [3.05, 3.63) is 70.5 Å². The lowest BCUT2D eigenvalue weighted by Crippen LogP contribution is -2.47. The van der Waals surface area contributed by atoms with E-state index in [0.29, 0.717) is 31.3 Å². The minimum absolute atomic E-state index is 0.00423. The maximum Gasteiger partial charge on any atom is 0.226 e. The minimum Gasteiger partial charge on any atom is -0.381 e. The van der Waals surface area contributed by atoms with Crippen LogP contribution >= 0.6 is 11.6 Å². The predicted octanol–water partition coefficient (Wildman–Crippen LogP) is 3.11. The van der Waals surface area contributed by atoms with E-state index >= 15 is 0 Å². The van der Waals surface area contributed by atoms with Crippen LogP contribution in [0.1, 0.15) is 30.0 Å². The Bertz CT molecular complexity index is 838. The molecule has 0 radical (unpaired) electrons. The molecule has 2 heterocycles. The van der Waals surface area contributed by atoms with Crippen LogP contribution in [0.2, 0.25) is 5.02 Å². The molecule has 29 heavy (non-hydrogen) atoms. The van der Waals surface area contributed by atoms with Crippen LogP contribution in [-0.4, -0.2) is 32.2 Å². The van der Waals surface area contributed by atoms with Gasteiger partial charge >= 0.3 is 0 Å². The number of halogens is 2. The van der Waals surface area contributed by atoms with E-state index in [1.165, 1.54) is 12.1 Å². The van der Waals surface area contributed by atoms with Gasteiger partial charge in [-0.2, -0.15) is 0 Å². The van der Waals surface area contributed by atoms with Crippen LogP contribution in [0.4, 0.5) is 4.39 Å². The predicted molar refractivity (Wildman–Crippen MR) is 110 cm³/mol. The zero-order chi connectivity index (χ0) is 20.3. The van der Waals surface area contributed by atoms with Crippen molar-refractivity contribution >= 4 is 17.5 Å². The van der Waals surface area contributed by atoms with Gasteiger partial charge in [-0.3, -0.25) is 10.2 Å². The molecule has 2 unspecified atom stereocenters. The lowest BCUT2D eigenvalue weighted by molar-refractivity contribution is -0.125. The second-order valence-corrected chi connectivity index (χ2v) is 8.21. The second-order valence-electron chi connectivity index (χ2n) is 7.78. The first kappa shape index (κ1) is 20.3. The van der Waals surface area contributed by atoms with E-state index in [0.717, 1.165) is 24.0 Å². The SMILES string of the molecule is O=C(NCC1(c2ccc(F)cc2)CCOCC1)C1CNNC1c1ccc(Cl)cc1. The molecule has 2 fully saturated rings. The van der Waals surface area contributed by atoms with E-state index in [9.17, 15) is 9.18 Å². The van der Waals surface area contributed by atoms with Crippen molar-refractivity contribution in [1.82, 2.24) is 16.2 Å². The van der Waals surface area contributed by atoms with Crippen LogP contribution < -0.4 is 16.2 Å². The van der Waals surface area contributed by atoms with Gasteiger partial charge in [0, 0.05) is 36.7 Å². The number of rotatable bonds is 5.